The number of carboxylic acids is 1. The molecule has 0 saturated carbocycles. The second-order valence-corrected chi connectivity index (χ2v) is 5.61. The lowest BCUT2D eigenvalue weighted by molar-refractivity contribution is -0.141. The van der Waals surface area contributed by atoms with Gasteiger partial charge in [0.15, 0.2) is 11.6 Å². The van der Waals surface area contributed by atoms with Gasteiger partial charge in [0, 0.05) is 17.6 Å². The number of Topliss-reactive ketones (excluding diaryl/α,β-unsaturated/α-hetero) is 2. The van der Waals surface area contributed by atoms with Crippen molar-refractivity contribution < 1.29 is 34.4 Å². The van der Waals surface area contributed by atoms with Crippen LogP contribution in [0.25, 0.3) is 0 Å². The van der Waals surface area contributed by atoms with Gasteiger partial charge < -0.3 is 20.1 Å². The minimum Gasteiger partial charge on any atom is -0.507 e. The summed E-state index contributed by atoms with van der Waals surface area (Å²) in [5.41, 5.74) is -0.212. The van der Waals surface area contributed by atoms with Crippen LogP contribution in [0.15, 0.2) is 23.3 Å². The number of hydrogen-bond donors (Lipinski definition) is 3. The number of fused-ring (bicyclic) bond motifs is 1. The molecule has 2 atom stereocenters. The Hall–Kier alpha value is -2.67. The van der Waals surface area contributed by atoms with Crippen molar-refractivity contribution in [1.82, 2.24) is 0 Å². The van der Waals surface area contributed by atoms with E-state index >= 15 is 0 Å². The summed E-state index contributed by atoms with van der Waals surface area (Å²) in [4.78, 5) is 36.1. The van der Waals surface area contributed by atoms with Crippen LogP contribution in [0.4, 0.5) is 0 Å². The van der Waals surface area contributed by atoms with Crippen LogP contribution in [-0.4, -0.2) is 45.1 Å². The summed E-state index contributed by atoms with van der Waals surface area (Å²) in [6.45, 7) is 1.55. The number of phenolic OH excluding ortho intramolecular Hbond substituents is 2. The highest BCUT2D eigenvalue weighted by molar-refractivity contribution is 6.29. The zero-order valence-corrected chi connectivity index (χ0v) is 12.2. The van der Waals surface area contributed by atoms with Crippen molar-refractivity contribution in [3.8, 4) is 11.5 Å². The fourth-order valence-corrected chi connectivity index (χ4v) is 3.17. The van der Waals surface area contributed by atoms with Crippen molar-refractivity contribution in [3.63, 3.8) is 0 Å². The fourth-order valence-electron chi connectivity index (χ4n) is 3.17. The van der Waals surface area contributed by atoms with E-state index in [0.717, 1.165) is 12.1 Å². The maximum Gasteiger partial charge on any atom is 0.305 e. The Morgan fingerprint density at radius 3 is 2.30 bits per heavy atom. The van der Waals surface area contributed by atoms with E-state index in [9.17, 15) is 24.6 Å². The van der Waals surface area contributed by atoms with Gasteiger partial charge in [0.25, 0.3) is 0 Å². The van der Waals surface area contributed by atoms with E-state index in [1.165, 1.54) is 0 Å². The molecule has 0 radical (unpaired) electrons. The first-order valence-corrected chi connectivity index (χ1v) is 7.05. The van der Waals surface area contributed by atoms with Crippen LogP contribution in [0.2, 0.25) is 0 Å². The molecule has 0 aromatic heterocycles. The first kappa shape index (κ1) is 15.2. The maximum atomic E-state index is 12.7. The summed E-state index contributed by atoms with van der Waals surface area (Å²) in [5.74, 6) is -3.00. The molecular formula is C16H14O7. The normalized spacial score (nSPS) is 23.5. The van der Waals surface area contributed by atoms with Gasteiger partial charge in [-0.2, -0.15) is 0 Å². The molecule has 1 aromatic rings. The largest absolute Gasteiger partial charge is 0.507 e. The van der Waals surface area contributed by atoms with E-state index in [2.05, 4.69) is 0 Å². The van der Waals surface area contributed by atoms with Crippen LogP contribution in [-0.2, 0) is 9.53 Å². The van der Waals surface area contributed by atoms with Gasteiger partial charge in [0.05, 0.1) is 29.8 Å². The Morgan fingerprint density at radius 2 is 1.74 bits per heavy atom. The molecular weight excluding hydrogens is 304 g/mol. The zero-order valence-electron chi connectivity index (χ0n) is 12.2. The molecule has 2 aliphatic rings. The second kappa shape index (κ2) is 5.20. The van der Waals surface area contributed by atoms with Gasteiger partial charge in [-0.25, -0.2) is 0 Å². The lowest BCUT2D eigenvalue weighted by Crippen LogP contribution is -2.38. The number of benzene rings is 1. The van der Waals surface area contributed by atoms with Crippen LogP contribution in [0.3, 0.4) is 0 Å². The van der Waals surface area contributed by atoms with Gasteiger partial charge in [0.1, 0.15) is 11.5 Å². The summed E-state index contributed by atoms with van der Waals surface area (Å²) in [7, 11) is 0. The molecule has 1 aromatic carbocycles. The Balaban J connectivity index is 2.12. The van der Waals surface area contributed by atoms with Crippen molar-refractivity contribution in [1.29, 1.82) is 0 Å². The van der Waals surface area contributed by atoms with Crippen LogP contribution in [0.1, 0.15) is 40.5 Å². The number of ether oxygens (including phenoxy) is 1. The first-order chi connectivity index (χ1) is 10.8. The Kier molecular flexibility index (Phi) is 3.45. The van der Waals surface area contributed by atoms with E-state index < -0.39 is 35.5 Å². The average molecular weight is 318 g/mol. The number of carbonyl (C=O) groups excluding carboxylic acids is 2. The molecule has 1 aliphatic carbocycles. The molecule has 3 rings (SSSR count). The number of rotatable bonds is 2. The van der Waals surface area contributed by atoms with Crippen LogP contribution in [0, 0.1) is 0 Å². The van der Waals surface area contributed by atoms with Crippen LogP contribution >= 0.6 is 0 Å². The first-order valence-electron chi connectivity index (χ1n) is 7.05. The topological polar surface area (TPSA) is 121 Å². The number of aliphatic carboxylic acids is 1. The maximum absolute atomic E-state index is 12.7. The van der Waals surface area contributed by atoms with Gasteiger partial charge in [-0.05, 0) is 19.1 Å². The third kappa shape index (κ3) is 2.29. The number of hydrogen-bond acceptors (Lipinski definition) is 6. The zero-order chi connectivity index (χ0) is 16.9. The average Bonchev–Trinajstić information content (AvgIpc) is 2.45. The molecule has 0 unspecified atom stereocenters. The molecule has 0 spiro atoms. The van der Waals surface area contributed by atoms with Crippen LogP contribution < -0.4 is 0 Å². The van der Waals surface area contributed by atoms with Crippen LogP contribution in [0.5, 0.6) is 11.5 Å². The number of phenols is 2. The molecule has 7 nitrogen and oxygen atoms in total. The lowest BCUT2D eigenvalue weighted by Gasteiger charge is -2.33. The van der Waals surface area contributed by atoms with Crippen molar-refractivity contribution in [2.24, 2.45) is 0 Å². The van der Waals surface area contributed by atoms with Gasteiger partial charge >= 0.3 is 5.97 Å². The molecule has 1 heterocycles. The molecule has 0 bridgehead atoms. The highest BCUT2D eigenvalue weighted by Gasteiger charge is 2.42. The number of ketones is 2. The predicted octanol–water partition coefficient (Wildman–Crippen LogP) is 1.43. The molecule has 0 saturated heterocycles. The summed E-state index contributed by atoms with van der Waals surface area (Å²) in [6.07, 6.45) is -1.81. The van der Waals surface area contributed by atoms with Crippen molar-refractivity contribution in [2.75, 3.05) is 0 Å². The molecule has 3 N–H and O–H groups in total. The van der Waals surface area contributed by atoms with Gasteiger partial charge in [-0.3, -0.25) is 14.4 Å². The summed E-state index contributed by atoms with van der Waals surface area (Å²) in [5, 5.41) is 28.7. The Bertz CT molecular complexity index is 775. The van der Waals surface area contributed by atoms with Gasteiger partial charge in [-0.1, -0.05) is 0 Å². The third-order valence-electron chi connectivity index (χ3n) is 4.10. The Labute approximate surface area is 130 Å². The monoisotopic (exact) mass is 318 g/mol. The SMILES string of the molecule is C[C@@H]1O[C@@H](CC(=O)O)CC2=C1C(=O)c1c(O)ccc(O)c1C2=O. The second-order valence-electron chi connectivity index (χ2n) is 5.61. The number of carbonyl (C=O) groups is 3. The summed E-state index contributed by atoms with van der Waals surface area (Å²) < 4.78 is 5.51. The molecule has 120 valence electrons. The highest BCUT2D eigenvalue weighted by atomic mass is 16.5. The van der Waals surface area contributed by atoms with Crippen molar-refractivity contribution in [2.45, 2.75) is 32.0 Å². The predicted molar refractivity (Wildman–Crippen MR) is 76.7 cm³/mol. The lowest BCUT2D eigenvalue weighted by atomic mass is 9.77. The molecule has 23 heavy (non-hydrogen) atoms. The standard InChI is InChI=1S/C16H14O7/c1-6-12-8(4-7(23-6)5-11(19)20)15(21)13-9(17)2-3-10(18)14(13)16(12)22/h2-3,6-7,17-18H,4-5H2,1H3,(H,19,20)/t6-,7+/m0/s1. The van der Waals surface area contributed by atoms with Crippen molar-refractivity contribution in [3.05, 3.63) is 34.4 Å². The van der Waals surface area contributed by atoms with E-state index in [4.69, 9.17) is 9.84 Å². The highest BCUT2D eigenvalue weighted by Crippen LogP contribution is 2.42. The minimum atomic E-state index is -1.07. The smallest absolute Gasteiger partial charge is 0.305 e. The number of carboxylic acid groups (broad SMARTS) is 1. The molecule has 7 heteroatoms. The van der Waals surface area contributed by atoms with E-state index in [0.29, 0.717) is 0 Å². The minimum absolute atomic E-state index is 0.0227. The molecule has 1 aliphatic heterocycles. The number of aromatic hydroxyl groups is 2. The summed E-state index contributed by atoms with van der Waals surface area (Å²) in [6, 6.07) is 2.29. The summed E-state index contributed by atoms with van der Waals surface area (Å²) >= 11 is 0. The third-order valence-corrected chi connectivity index (χ3v) is 4.10. The van der Waals surface area contributed by atoms with E-state index in [1.54, 1.807) is 6.92 Å². The quantitative estimate of drug-likeness (QED) is 0.705. The molecule has 0 amide bonds. The molecule has 0 fully saturated rings. The van der Waals surface area contributed by atoms with Gasteiger partial charge in [0.2, 0.25) is 0 Å². The van der Waals surface area contributed by atoms with Crippen molar-refractivity contribution >= 4 is 17.5 Å². The fraction of sp³-hybridized carbons (Fsp3) is 0.312. The van der Waals surface area contributed by atoms with E-state index in [1.807, 2.05) is 0 Å². The van der Waals surface area contributed by atoms with E-state index in [-0.39, 0.29) is 40.9 Å². The Morgan fingerprint density at radius 1 is 1.17 bits per heavy atom. The van der Waals surface area contributed by atoms with Gasteiger partial charge in [-0.15, -0.1) is 0 Å².